The number of para-hydroxylation sites is 1. The Labute approximate surface area is 229 Å². The first-order chi connectivity index (χ1) is 19.1. The summed E-state index contributed by atoms with van der Waals surface area (Å²) in [6.07, 6.45) is 4.03. The molecule has 0 radical (unpaired) electrons. The van der Waals surface area contributed by atoms with Crippen LogP contribution in [-0.2, 0) is 10.0 Å². The molecule has 6 rings (SSSR count). The van der Waals surface area contributed by atoms with Crippen LogP contribution >= 0.6 is 0 Å². The number of hydrogen-bond acceptors (Lipinski definition) is 7. The summed E-state index contributed by atoms with van der Waals surface area (Å²) in [5.74, 6) is 0.0108. The zero-order valence-electron chi connectivity index (χ0n) is 21.6. The Bertz CT molecular complexity index is 1910. The van der Waals surface area contributed by atoms with Crippen LogP contribution in [0.1, 0.15) is 40.0 Å². The average molecular weight is 561 g/mol. The van der Waals surface area contributed by atoms with Crippen LogP contribution < -0.4 is 15.2 Å². The molecule has 0 atom stereocenters. The Kier molecular flexibility index (Phi) is 6.06. The van der Waals surface area contributed by atoms with Crippen LogP contribution in [0.3, 0.4) is 0 Å². The number of nitrogens with zero attached hydrogens (tertiary/aromatic N) is 3. The minimum Gasteiger partial charge on any atom is -0.439 e. The van der Waals surface area contributed by atoms with E-state index in [0.29, 0.717) is 41.1 Å². The van der Waals surface area contributed by atoms with Crippen molar-refractivity contribution < 1.29 is 22.3 Å². The minimum atomic E-state index is -3.65. The van der Waals surface area contributed by atoms with Crippen LogP contribution in [0.15, 0.2) is 60.9 Å². The lowest BCUT2D eigenvalue weighted by Crippen LogP contribution is -2.18. The third kappa shape index (κ3) is 4.66. The number of nitrogens with two attached hydrogens (primary N) is 1. The predicted molar refractivity (Wildman–Crippen MR) is 149 cm³/mol. The highest BCUT2D eigenvalue weighted by Crippen LogP contribution is 2.32. The Hall–Kier alpha value is -4.71. The number of nitrogen functional groups attached to an aromatic ring is 1. The number of rotatable bonds is 8. The fraction of sp³-hybridized carbons (Fsp3) is 0.179. The van der Waals surface area contributed by atoms with Crippen LogP contribution in [0.25, 0.3) is 16.6 Å². The molecular formula is C28H25FN6O4S. The summed E-state index contributed by atoms with van der Waals surface area (Å²) in [4.78, 5) is 20.7. The van der Waals surface area contributed by atoms with Crippen LogP contribution in [-0.4, -0.2) is 39.2 Å². The minimum absolute atomic E-state index is 0.102. The Morgan fingerprint density at radius 3 is 2.62 bits per heavy atom. The number of carbonyl (C=O) groups excluding carboxylic acids is 1. The molecular weight excluding hydrogens is 535 g/mol. The predicted octanol–water partition coefficient (Wildman–Crippen LogP) is 5.01. The summed E-state index contributed by atoms with van der Waals surface area (Å²) >= 11 is 0. The molecule has 1 fully saturated rings. The lowest BCUT2D eigenvalue weighted by atomic mass is 10.1. The monoisotopic (exact) mass is 560 g/mol. The zero-order chi connectivity index (χ0) is 28.2. The van der Waals surface area contributed by atoms with Crippen LogP contribution in [0.5, 0.6) is 11.6 Å². The number of halogens is 1. The SMILES string of the molecule is Cc1ccccc1Oc1cc(C)c(-n2ncc(C(=O)c3cc4cc(F)c(NS(=O)(=O)C5CC5)cc4[nH]3)c2N)cn1. The number of anilines is 2. The van der Waals surface area contributed by atoms with Gasteiger partial charge in [0.1, 0.15) is 17.4 Å². The maximum Gasteiger partial charge on any atom is 0.235 e. The van der Waals surface area contributed by atoms with Crippen molar-refractivity contribution in [3.8, 4) is 17.3 Å². The highest BCUT2D eigenvalue weighted by Gasteiger charge is 2.36. The lowest BCUT2D eigenvalue weighted by molar-refractivity contribution is 0.103. The van der Waals surface area contributed by atoms with Crippen molar-refractivity contribution in [2.45, 2.75) is 31.9 Å². The van der Waals surface area contributed by atoms with Crippen molar-refractivity contribution in [2.24, 2.45) is 0 Å². The van der Waals surface area contributed by atoms with Gasteiger partial charge in [-0.05, 0) is 62.1 Å². The quantitative estimate of drug-likeness (QED) is 0.226. The molecule has 3 heterocycles. The molecule has 2 aromatic carbocycles. The Morgan fingerprint density at radius 2 is 1.90 bits per heavy atom. The number of aromatic nitrogens is 4. The first-order valence-electron chi connectivity index (χ1n) is 12.5. The molecule has 10 nitrogen and oxygen atoms in total. The summed E-state index contributed by atoms with van der Waals surface area (Å²) in [5, 5.41) is 4.21. The molecule has 0 unspecified atom stereocenters. The summed E-state index contributed by atoms with van der Waals surface area (Å²) in [6, 6.07) is 13.4. The number of aryl methyl sites for hydroxylation is 2. The fourth-order valence-corrected chi connectivity index (χ4v) is 5.81. The molecule has 0 aliphatic heterocycles. The highest BCUT2D eigenvalue weighted by molar-refractivity contribution is 7.93. The Morgan fingerprint density at radius 1 is 1.12 bits per heavy atom. The van der Waals surface area contributed by atoms with Crippen molar-refractivity contribution >= 4 is 38.2 Å². The summed E-state index contributed by atoms with van der Waals surface area (Å²) < 4.78 is 48.8. The summed E-state index contributed by atoms with van der Waals surface area (Å²) in [6.45, 7) is 3.80. The van der Waals surface area contributed by atoms with Gasteiger partial charge in [-0.3, -0.25) is 9.52 Å². The molecule has 1 aliphatic rings. The van der Waals surface area contributed by atoms with Gasteiger partial charge in [-0.1, -0.05) is 18.2 Å². The van der Waals surface area contributed by atoms with Crippen molar-refractivity contribution in [2.75, 3.05) is 10.5 Å². The van der Waals surface area contributed by atoms with E-state index in [2.05, 4.69) is 19.8 Å². The van der Waals surface area contributed by atoms with Crippen molar-refractivity contribution in [1.29, 1.82) is 0 Å². The van der Waals surface area contributed by atoms with E-state index < -0.39 is 26.9 Å². The van der Waals surface area contributed by atoms with Gasteiger partial charge < -0.3 is 15.5 Å². The average Bonchev–Trinajstić information content (AvgIpc) is 3.61. The molecule has 0 amide bonds. The fourth-order valence-electron chi connectivity index (χ4n) is 4.42. The van der Waals surface area contributed by atoms with Crippen LogP contribution in [0.2, 0.25) is 0 Å². The lowest BCUT2D eigenvalue weighted by Gasteiger charge is -2.11. The number of aromatic amines is 1. The van der Waals surface area contributed by atoms with Gasteiger partial charge in [-0.2, -0.15) is 5.10 Å². The number of carbonyl (C=O) groups is 1. The molecule has 12 heteroatoms. The van der Waals surface area contributed by atoms with Gasteiger partial charge in [0.2, 0.25) is 21.7 Å². The summed E-state index contributed by atoms with van der Waals surface area (Å²) in [7, 11) is -3.65. The normalized spacial score (nSPS) is 13.5. The van der Waals surface area contributed by atoms with Gasteiger partial charge in [0.05, 0.1) is 40.3 Å². The molecule has 5 aromatic rings. The van der Waals surface area contributed by atoms with Gasteiger partial charge in [0, 0.05) is 17.0 Å². The van der Waals surface area contributed by atoms with E-state index in [1.165, 1.54) is 29.1 Å². The third-order valence-electron chi connectivity index (χ3n) is 6.81. The van der Waals surface area contributed by atoms with Gasteiger partial charge >= 0.3 is 0 Å². The standard InChI is InChI=1S/C28H25FN6O4S/c1-15-5-3-4-6-25(15)39-26-9-16(2)24(14-31-26)35-28(30)19(13-32-35)27(36)23-11-17-10-20(29)22(12-21(17)33-23)34-40(37,38)18-7-8-18/h3-6,9-14,18,33-34H,7-8,30H2,1-2H3. The second kappa shape index (κ2) is 9.49. The Balaban J connectivity index is 1.26. The van der Waals surface area contributed by atoms with Gasteiger partial charge in [0.15, 0.2) is 0 Å². The van der Waals surface area contributed by atoms with Gasteiger partial charge in [-0.25, -0.2) is 22.5 Å². The van der Waals surface area contributed by atoms with E-state index in [0.717, 1.165) is 11.1 Å². The van der Waals surface area contributed by atoms with Crippen molar-refractivity contribution in [3.05, 3.63) is 89.1 Å². The number of fused-ring (bicyclic) bond motifs is 1. The number of sulfonamides is 1. The van der Waals surface area contributed by atoms with E-state index in [-0.39, 0.29) is 22.8 Å². The van der Waals surface area contributed by atoms with Crippen LogP contribution in [0.4, 0.5) is 15.9 Å². The molecule has 1 saturated carbocycles. The number of benzene rings is 2. The molecule has 3 aromatic heterocycles. The summed E-state index contributed by atoms with van der Waals surface area (Å²) in [5.41, 5.74) is 9.17. The van der Waals surface area contributed by atoms with Gasteiger partial charge in [-0.15, -0.1) is 0 Å². The van der Waals surface area contributed by atoms with Gasteiger partial charge in [0.25, 0.3) is 0 Å². The largest absolute Gasteiger partial charge is 0.439 e. The maximum atomic E-state index is 14.7. The first-order valence-corrected chi connectivity index (χ1v) is 14.1. The van der Waals surface area contributed by atoms with E-state index in [1.54, 1.807) is 12.3 Å². The molecule has 0 saturated heterocycles. The molecule has 40 heavy (non-hydrogen) atoms. The highest BCUT2D eigenvalue weighted by atomic mass is 32.2. The van der Waals surface area contributed by atoms with Crippen molar-refractivity contribution in [1.82, 2.24) is 19.7 Å². The molecule has 204 valence electrons. The number of ketones is 1. The topological polar surface area (TPSA) is 145 Å². The van der Waals surface area contributed by atoms with Crippen molar-refractivity contribution in [3.63, 3.8) is 0 Å². The molecule has 0 spiro atoms. The number of nitrogens with one attached hydrogen (secondary N) is 2. The second-order valence-corrected chi connectivity index (χ2v) is 11.8. The second-order valence-electron chi connectivity index (χ2n) is 9.81. The van der Waals surface area contributed by atoms with Crippen LogP contribution in [0, 0.1) is 19.7 Å². The van der Waals surface area contributed by atoms with E-state index in [9.17, 15) is 17.6 Å². The molecule has 1 aliphatic carbocycles. The maximum absolute atomic E-state index is 14.7. The smallest absolute Gasteiger partial charge is 0.235 e. The zero-order valence-corrected chi connectivity index (χ0v) is 22.4. The van der Waals surface area contributed by atoms with E-state index in [4.69, 9.17) is 10.5 Å². The molecule has 0 bridgehead atoms. The van der Waals surface area contributed by atoms with E-state index in [1.807, 2.05) is 38.1 Å². The number of ether oxygens (including phenoxy) is 1. The molecule has 4 N–H and O–H groups in total. The third-order valence-corrected chi connectivity index (χ3v) is 8.67. The van der Waals surface area contributed by atoms with E-state index >= 15 is 0 Å². The first kappa shape index (κ1) is 25.6. The number of pyridine rings is 1. The number of hydrogen-bond donors (Lipinski definition) is 3. The number of H-pyrrole nitrogens is 1.